The second-order valence-electron chi connectivity index (χ2n) is 10.9. The first kappa shape index (κ1) is 26.9. The van der Waals surface area contributed by atoms with Crippen molar-refractivity contribution >= 4 is 11.6 Å². The minimum atomic E-state index is -0.289. The summed E-state index contributed by atoms with van der Waals surface area (Å²) in [5.74, 6) is 8.36. The van der Waals surface area contributed by atoms with E-state index in [1.54, 1.807) is 7.11 Å². The number of anilines is 1. The molecule has 1 amide bonds. The van der Waals surface area contributed by atoms with E-state index < -0.39 is 0 Å². The molecule has 3 aromatic rings. The van der Waals surface area contributed by atoms with Crippen LogP contribution in [-0.4, -0.2) is 51.4 Å². The Labute approximate surface area is 230 Å². The Hall–Kier alpha value is -3.70. The summed E-state index contributed by atoms with van der Waals surface area (Å²) in [5, 5.41) is 23.7. The summed E-state index contributed by atoms with van der Waals surface area (Å²) < 4.78 is 5.44. The van der Waals surface area contributed by atoms with Gasteiger partial charge in [0.25, 0.3) is 0 Å². The number of amides is 1. The summed E-state index contributed by atoms with van der Waals surface area (Å²) in [6.07, 6.45) is 6.95. The van der Waals surface area contributed by atoms with Gasteiger partial charge in [0.05, 0.1) is 13.2 Å². The third kappa shape index (κ3) is 6.66. The number of hydrogen-bond acceptors (Lipinski definition) is 6. The number of carbonyl (C=O) groups excluding carboxylic acids is 1. The van der Waals surface area contributed by atoms with Crippen LogP contribution >= 0.6 is 0 Å². The molecule has 39 heavy (non-hydrogen) atoms. The summed E-state index contributed by atoms with van der Waals surface area (Å²) >= 11 is 0. The van der Waals surface area contributed by atoms with Gasteiger partial charge in [-0.1, -0.05) is 29.2 Å². The lowest BCUT2D eigenvalue weighted by molar-refractivity contribution is -0.124. The molecular weight excluding hydrogens is 490 g/mol. The highest BCUT2D eigenvalue weighted by molar-refractivity contribution is 5.95. The number of aliphatic hydroxyl groups is 1. The maximum Gasteiger partial charge on any atom is 0.247 e. The van der Waals surface area contributed by atoms with Crippen molar-refractivity contribution in [3.63, 3.8) is 0 Å². The number of benzene rings is 2. The molecule has 2 N–H and O–H groups in total. The second-order valence-corrected chi connectivity index (χ2v) is 10.9. The van der Waals surface area contributed by atoms with Gasteiger partial charge in [-0.2, -0.15) is 5.21 Å². The monoisotopic (exact) mass is 527 g/mol. The first-order valence-electron chi connectivity index (χ1n) is 14.0. The molecule has 2 aliphatic carbocycles. The molecule has 0 unspecified atom stereocenters. The molecule has 0 aliphatic heterocycles. The number of carbonyl (C=O) groups is 1. The molecule has 0 bridgehead atoms. The van der Waals surface area contributed by atoms with Gasteiger partial charge in [-0.15, -0.1) is 5.10 Å². The fourth-order valence-electron chi connectivity index (χ4n) is 6.05. The van der Waals surface area contributed by atoms with Gasteiger partial charge in [-0.05, 0) is 117 Å². The molecule has 1 heterocycles. The van der Waals surface area contributed by atoms with Crippen molar-refractivity contribution in [3.05, 3.63) is 65.0 Å². The molecule has 204 valence electrons. The van der Waals surface area contributed by atoms with Crippen LogP contribution in [0.1, 0.15) is 79.8 Å². The maximum atomic E-state index is 13.9. The Balaban J connectivity index is 1.31. The molecule has 0 saturated heterocycles. The van der Waals surface area contributed by atoms with E-state index in [9.17, 15) is 9.90 Å². The van der Waals surface area contributed by atoms with Crippen LogP contribution in [0.4, 0.5) is 5.69 Å². The van der Waals surface area contributed by atoms with Crippen LogP contribution < -0.4 is 9.64 Å². The summed E-state index contributed by atoms with van der Waals surface area (Å²) in [6, 6.07) is 14.4. The highest BCUT2D eigenvalue weighted by Crippen LogP contribution is 2.38. The number of tetrazole rings is 1. The number of aromatic nitrogens is 4. The average molecular weight is 528 g/mol. The number of aliphatic hydroxyl groups excluding tert-OH is 1. The number of methoxy groups -OCH3 is 1. The van der Waals surface area contributed by atoms with E-state index in [-0.39, 0.29) is 17.9 Å². The van der Waals surface area contributed by atoms with Crippen molar-refractivity contribution in [2.45, 2.75) is 70.3 Å². The van der Waals surface area contributed by atoms with Crippen LogP contribution in [0.25, 0.3) is 0 Å². The van der Waals surface area contributed by atoms with Gasteiger partial charge in [-0.25, -0.2) is 0 Å². The molecule has 8 heteroatoms. The van der Waals surface area contributed by atoms with Crippen molar-refractivity contribution in [2.24, 2.45) is 11.8 Å². The zero-order valence-corrected chi connectivity index (χ0v) is 22.8. The SMILES string of the molecule is COc1ccc([C@H]2CC[C@H](CN(c3cccc(C#Cc4nn[nH]n4)c3)C(=O)[C@H]3CC[C@H](O)CC3)CC2)cc1C. The van der Waals surface area contributed by atoms with Crippen LogP contribution in [0.3, 0.4) is 0 Å². The zero-order valence-electron chi connectivity index (χ0n) is 22.8. The van der Waals surface area contributed by atoms with Crippen LogP contribution in [0, 0.1) is 30.6 Å². The van der Waals surface area contributed by atoms with E-state index in [1.807, 2.05) is 29.2 Å². The number of nitrogens with one attached hydrogen (secondary N) is 1. The highest BCUT2D eigenvalue weighted by Gasteiger charge is 2.32. The fourth-order valence-corrected chi connectivity index (χ4v) is 6.05. The number of ether oxygens (including phenoxy) is 1. The maximum absolute atomic E-state index is 13.9. The second kappa shape index (κ2) is 12.4. The van der Waals surface area contributed by atoms with Crippen LogP contribution in [0.2, 0.25) is 0 Å². The first-order valence-corrected chi connectivity index (χ1v) is 14.0. The fraction of sp³-hybridized carbons (Fsp3) is 0.484. The Bertz CT molecular complexity index is 1310. The Morgan fingerprint density at radius 2 is 1.85 bits per heavy atom. The number of nitrogens with zero attached hydrogens (tertiary/aromatic N) is 4. The Kier molecular flexibility index (Phi) is 8.58. The molecule has 8 nitrogen and oxygen atoms in total. The van der Waals surface area contributed by atoms with Crippen molar-refractivity contribution in [3.8, 4) is 17.6 Å². The predicted molar refractivity (Wildman–Crippen MR) is 149 cm³/mol. The summed E-state index contributed by atoms with van der Waals surface area (Å²) in [6.45, 7) is 2.80. The van der Waals surface area contributed by atoms with Gasteiger partial charge in [0.1, 0.15) is 5.75 Å². The van der Waals surface area contributed by atoms with Gasteiger partial charge >= 0.3 is 0 Å². The largest absolute Gasteiger partial charge is 0.496 e. The average Bonchev–Trinajstić information content (AvgIpc) is 3.49. The lowest BCUT2D eigenvalue weighted by atomic mass is 9.78. The van der Waals surface area contributed by atoms with Crippen molar-refractivity contribution in [1.29, 1.82) is 0 Å². The van der Waals surface area contributed by atoms with Crippen LogP contribution in [0.15, 0.2) is 42.5 Å². The molecule has 2 fully saturated rings. The molecule has 2 aromatic carbocycles. The van der Waals surface area contributed by atoms with E-state index in [1.165, 1.54) is 11.1 Å². The lowest BCUT2D eigenvalue weighted by Crippen LogP contribution is -2.41. The van der Waals surface area contributed by atoms with Crippen LogP contribution in [0.5, 0.6) is 5.75 Å². The lowest BCUT2D eigenvalue weighted by Gasteiger charge is -2.36. The van der Waals surface area contributed by atoms with Crippen molar-refractivity contribution in [2.75, 3.05) is 18.6 Å². The van der Waals surface area contributed by atoms with Crippen LogP contribution in [-0.2, 0) is 4.79 Å². The van der Waals surface area contributed by atoms with Gasteiger partial charge in [0.2, 0.25) is 11.7 Å². The minimum absolute atomic E-state index is 0.0546. The predicted octanol–water partition coefficient (Wildman–Crippen LogP) is 4.77. The number of rotatable bonds is 6. The Morgan fingerprint density at radius 3 is 2.54 bits per heavy atom. The minimum Gasteiger partial charge on any atom is -0.496 e. The first-order chi connectivity index (χ1) is 19.0. The quantitative estimate of drug-likeness (QED) is 0.448. The smallest absolute Gasteiger partial charge is 0.247 e. The van der Waals surface area contributed by atoms with Crippen molar-refractivity contribution in [1.82, 2.24) is 20.6 Å². The molecular formula is C31H37N5O3. The molecule has 2 aliphatic rings. The molecule has 5 rings (SSSR count). The third-order valence-corrected chi connectivity index (χ3v) is 8.31. The van der Waals surface area contributed by atoms with Crippen molar-refractivity contribution < 1.29 is 14.6 Å². The summed E-state index contributed by atoms with van der Waals surface area (Å²) in [7, 11) is 1.71. The number of aryl methyl sites for hydroxylation is 1. The van der Waals surface area contributed by atoms with E-state index >= 15 is 0 Å². The van der Waals surface area contributed by atoms with Gasteiger partial charge in [0.15, 0.2) is 0 Å². The van der Waals surface area contributed by atoms with E-state index in [0.29, 0.717) is 37.0 Å². The van der Waals surface area contributed by atoms with Gasteiger partial charge < -0.3 is 14.7 Å². The highest BCUT2D eigenvalue weighted by atomic mass is 16.5. The van der Waals surface area contributed by atoms with E-state index in [2.05, 4.69) is 57.6 Å². The van der Waals surface area contributed by atoms with E-state index in [4.69, 9.17) is 4.74 Å². The van der Waals surface area contributed by atoms with Gasteiger partial charge in [0, 0.05) is 23.7 Å². The molecule has 0 radical (unpaired) electrons. The summed E-state index contributed by atoms with van der Waals surface area (Å²) in [5.41, 5.74) is 4.23. The Morgan fingerprint density at radius 1 is 1.05 bits per heavy atom. The van der Waals surface area contributed by atoms with E-state index in [0.717, 1.165) is 55.5 Å². The molecule has 2 saturated carbocycles. The third-order valence-electron chi connectivity index (χ3n) is 8.31. The molecule has 0 spiro atoms. The normalized spacial score (nSPS) is 22.9. The topological polar surface area (TPSA) is 104 Å². The standard InChI is InChI=1S/C31H37N5O3/c1-21-18-26(13-16-29(21)39-2)24-9-6-23(7-10-24)20-36(31(38)25-11-14-28(37)15-12-25)27-5-3-4-22(19-27)8-17-30-32-34-35-33-30/h3-5,13,16,18-19,23-25,28,37H,6-7,9-12,14-15,20H2,1-2H3,(H,32,33,34,35)/t23-,24-,25-,28-. The number of aromatic amines is 1. The molecule has 1 aromatic heterocycles. The number of hydrogen-bond donors (Lipinski definition) is 2. The summed E-state index contributed by atoms with van der Waals surface area (Å²) in [4.78, 5) is 15.9. The molecule has 0 atom stereocenters. The van der Waals surface area contributed by atoms with Gasteiger partial charge in [-0.3, -0.25) is 4.79 Å². The zero-order chi connectivity index (χ0) is 27.2. The number of H-pyrrole nitrogens is 1.